The summed E-state index contributed by atoms with van der Waals surface area (Å²) < 4.78 is 6.01. The molecule has 0 radical (unpaired) electrons. The highest BCUT2D eigenvalue weighted by atomic mass is 16.3. The van der Waals surface area contributed by atoms with E-state index in [4.69, 9.17) is 4.42 Å². The Hall–Kier alpha value is -2.07. The number of hydrogen-bond acceptors (Lipinski definition) is 3. The molecule has 1 amide bonds. The van der Waals surface area contributed by atoms with Crippen LogP contribution in [0.4, 0.5) is 0 Å². The van der Waals surface area contributed by atoms with Crippen LogP contribution in [0.2, 0.25) is 0 Å². The number of hydrogen-bond donors (Lipinski definition) is 1. The maximum Gasteiger partial charge on any atom is 0.252 e. The first-order chi connectivity index (χ1) is 12.4. The normalized spacial score (nSPS) is 26.2. The van der Waals surface area contributed by atoms with Gasteiger partial charge < -0.3 is 9.73 Å². The predicted molar refractivity (Wildman–Crippen MR) is 102 cm³/mol. The average Bonchev–Trinajstić information content (AvgIpc) is 3.26. The number of carbonyl (C=O) groups excluding carboxylic acids is 1. The van der Waals surface area contributed by atoms with E-state index in [0.717, 1.165) is 41.1 Å². The fraction of sp³-hybridized carbons (Fsp3) is 0.500. The molecule has 0 aliphatic carbocycles. The fourth-order valence-corrected chi connectivity index (χ4v) is 5.15. The molecule has 138 valence electrons. The van der Waals surface area contributed by atoms with E-state index in [0.29, 0.717) is 6.04 Å². The number of amides is 1. The molecule has 1 N–H and O–H groups in total. The van der Waals surface area contributed by atoms with Gasteiger partial charge in [-0.15, -0.1) is 0 Å². The Balaban J connectivity index is 1.72. The van der Waals surface area contributed by atoms with Crippen molar-refractivity contribution in [3.05, 3.63) is 58.5 Å². The second-order valence-corrected chi connectivity index (χ2v) is 8.07. The molecule has 2 saturated heterocycles. The Morgan fingerprint density at radius 2 is 1.81 bits per heavy atom. The molecule has 4 nitrogen and oxygen atoms in total. The van der Waals surface area contributed by atoms with Crippen molar-refractivity contribution in [2.75, 3.05) is 7.05 Å². The first kappa shape index (κ1) is 17.3. The number of fused-ring (bicyclic) bond motifs is 2. The zero-order valence-corrected chi connectivity index (χ0v) is 16.1. The summed E-state index contributed by atoms with van der Waals surface area (Å²) in [7, 11) is 2.21. The third kappa shape index (κ3) is 2.59. The van der Waals surface area contributed by atoms with E-state index >= 15 is 0 Å². The van der Waals surface area contributed by atoms with Crippen molar-refractivity contribution >= 4 is 5.91 Å². The van der Waals surface area contributed by atoms with E-state index in [9.17, 15) is 4.79 Å². The van der Waals surface area contributed by atoms with Gasteiger partial charge in [-0.1, -0.05) is 18.2 Å². The van der Waals surface area contributed by atoms with Gasteiger partial charge in [-0.05, 0) is 76.8 Å². The molecule has 4 heteroatoms. The second-order valence-electron chi connectivity index (χ2n) is 8.07. The van der Waals surface area contributed by atoms with Gasteiger partial charge in [0.25, 0.3) is 5.91 Å². The predicted octanol–water partition coefficient (Wildman–Crippen LogP) is 4.30. The summed E-state index contributed by atoms with van der Waals surface area (Å²) in [4.78, 5) is 15.7. The molecule has 2 fully saturated rings. The van der Waals surface area contributed by atoms with Crippen LogP contribution in [0.1, 0.15) is 64.7 Å². The van der Waals surface area contributed by atoms with E-state index in [2.05, 4.69) is 17.3 Å². The van der Waals surface area contributed by atoms with Gasteiger partial charge in [-0.25, -0.2) is 0 Å². The number of benzene rings is 1. The highest BCUT2D eigenvalue weighted by Gasteiger charge is 2.55. The van der Waals surface area contributed by atoms with E-state index in [1.807, 2.05) is 51.1 Å². The standard InChI is InChI=1S/C22H28N2O2/c1-14-6-5-7-15(2)19(14)21(25)23-20(18-9-8-16(3)26-18)22-12-10-17(11-13-22)24(22)4/h5-9,17,20H,10-13H2,1-4H3,(H,23,25). The zero-order valence-electron chi connectivity index (χ0n) is 16.1. The van der Waals surface area contributed by atoms with Crippen LogP contribution in [0, 0.1) is 20.8 Å². The van der Waals surface area contributed by atoms with Crippen LogP contribution in [0.5, 0.6) is 0 Å². The maximum atomic E-state index is 13.2. The third-order valence-electron chi connectivity index (χ3n) is 6.64. The van der Waals surface area contributed by atoms with Gasteiger partial charge in [0.05, 0.1) is 0 Å². The minimum absolute atomic E-state index is 0.00206. The van der Waals surface area contributed by atoms with Gasteiger partial charge in [-0.2, -0.15) is 0 Å². The lowest BCUT2D eigenvalue weighted by Crippen LogP contribution is -2.51. The lowest BCUT2D eigenvalue weighted by molar-refractivity contribution is 0.0804. The number of likely N-dealkylation sites (N-methyl/N-ethyl adjacent to an activating group) is 1. The molecule has 2 aliphatic rings. The van der Waals surface area contributed by atoms with Crippen molar-refractivity contribution in [2.24, 2.45) is 0 Å². The van der Waals surface area contributed by atoms with Crippen LogP contribution in [-0.2, 0) is 0 Å². The molecular weight excluding hydrogens is 324 g/mol. The lowest BCUT2D eigenvalue weighted by Gasteiger charge is -2.39. The SMILES string of the molecule is Cc1ccc(C(NC(=O)c2c(C)cccc2C)C23CCC(CC2)N3C)o1. The van der Waals surface area contributed by atoms with Crippen molar-refractivity contribution in [3.63, 3.8) is 0 Å². The Morgan fingerprint density at radius 3 is 2.31 bits per heavy atom. The molecule has 1 aromatic heterocycles. The second kappa shape index (κ2) is 6.27. The zero-order chi connectivity index (χ0) is 18.5. The number of nitrogens with one attached hydrogen (secondary N) is 1. The summed E-state index contributed by atoms with van der Waals surface area (Å²) in [6, 6.07) is 10.5. The van der Waals surface area contributed by atoms with Gasteiger partial charge in [-0.3, -0.25) is 9.69 Å². The lowest BCUT2D eigenvalue weighted by atomic mass is 9.80. The van der Waals surface area contributed by atoms with Crippen LogP contribution in [0.15, 0.2) is 34.7 Å². The van der Waals surface area contributed by atoms with Gasteiger partial charge in [0.15, 0.2) is 0 Å². The molecule has 1 unspecified atom stereocenters. The first-order valence-electron chi connectivity index (χ1n) is 9.59. The van der Waals surface area contributed by atoms with Crippen LogP contribution in [0.25, 0.3) is 0 Å². The van der Waals surface area contributed by atoms with Crippen molar-refractivity contribution < 1.29 is 9.21 Å². The van der Waals surface area contributed by atoms with Crippen LogP contribution >= 0.6 is 0 Å². The Morgan fingerprint density at radius 1 is 1.15 bits per heavy atom. The minimum Gasteiger partial charge on any atom is -0.464 e. The molecule has 0 spiro atoms. The first-order valence-corrected chi connectivity index (χ1v) is 9.59. The maximum absolute atomic E-state index is 13.2. The molecule has 2 bridgehead atoms. The molecule has 2 aliphatic heterocycles. The van der Waals surface area contributed by atoms with Crippen molar-refractivity contribution in [1.82, 2.24) is 10.2 Å². The summed E-state index contributed by atoms with van der Waals surface area (Å²) >= 11 is 0. The highest BCUT2D eigenvalue weighted by Crippen LogP contribution is 2.52. The number of aryl methyl sites for hydroxylation is 3. The average molecular weight is 352 g/mol. The van der Waals surface area contributed by atoms with E-state index < -0.39 is 0 Å². The van der Waals surface area contributed by atoms with Crippen LogP contribution in [-0.4, -0.2) is 29.4 Å². The highest BCUT2D eigenvalue weighted by molar-refractivity contribution is 5.97. The largest absolute Gasteiger partial charge is 0.464 e. The third-order valence-corrected chi connectivity index (χ3v) is 6.64. The summed E-state index contributed by atoms with van der Waals surface area (Å²) in [5.74, 6) is 1.76. The number of furan rings is 1. The molecule has 1 atom stereocenters. The summed E-state index contributed by atoms with van der Waals surface area (Å²) in [6.07, 6.45) is 4.61. The molecule has 2 aromatic rings. The minimum atomic E-state index is -0.125. The van der Waals surface area contributed by atoms with Gasteiger partial charge in [0.1, 0.15) is 17.6 Å². The summed E-state index contributed by atoms with van der Waals surface area (Å²) in [5.41, 5.74) is 2.77. The Bertz CT molecular complexity index is 810. The fourth-order valence-electron chi connectivity index (χ4n) is 5.15. The number of carbonyl (C=O) groups is 1. The Labute approximate surface area is 155 Å². The van der Waals surface area contributed by atoms with E-state index in [1.54, 1.807) is 0 Å². The molecular formula is C22H28N2O2. The molecule has 0 saturated carbocycles. The smallest absolute Gasteiger partial charge is 0.252 e. The summed E-state index contributed by atoms with van der Waals surface area (Å²) in [6.45, 7) is 5.96. The molecule has 26 heavy (non-hydrogen) atoms. The van der Waals surface area contributed by atoms with Crippen molar-refractivity contribution in [3.8, 4) is 0 Å². The number of rotatable bonds is 4. The van der Waals surface area contributed by atoms with Crippen LogP contribution < -0.4 is 5.32 Å². The van der Waals surface area contributed by atoms with Crippen LogP contribution in [0.3, 0.4) is 0 Å². The van der Waals surface area contributed by atoms with E-state index in [1.165, 1.54) is 12.8 Å². The molecule has 3 heterocycles. The quantitative estimate of drug-likeness (QED) is 0.892. The molecule has 1 aromatic carbocycles. The monoisotopic (exact) mass is 352 g/mol. The van der Waals surface area contributed by atoms with Crippen molar-refractivity contribution in [2.45, 2.75) is 64.1 Å². The molecule has 4 rings (SSSR count). The number of nitrogens with zero attached hydrogens (tertiary/aromatic N) is 1. The van der Waals surface area contributed by atoms with Gasteiger partial charge in [0, 0.05) is 17.1 Å². The van der Waals surface area contributed by atoms with Gasteiger partial charge >= 0.3 is 0 Å². The van der Waals surface area contributed by atoms with E-state index in [-0.39, 0.29) is 17.5 Å². The summed E-state index contributed by atoms with van der Waals surface area (Å²) in [5, 5.41) is 3.36. The topological polar surface area (TPSA) is 45.5 Å². The Kier molecular flexibility index (Phi) is 4.19. The van der Waals surface area contributed by atoms with Gasteiger partial charge in [0.2, 0.25) is 0 Å². The van der Waals surface area contributed by atoms with Crippen molar-refractivity contribution in [1.29, 1.82) is 0 Å².